The molecule has 102 valence electrons. The fourth-order valence-electron chi connectivity index (χ4n) is 2.76. The molecule has 1 aliphatic rings. The van der Waals surface area contributed by atoms with E-state index in [4.69, 9.17) is 16.7 Å². The molecule has 0 bridgehead atoms. The van der Waals surface area contributed by atoms with Crippen molar-refractivity contribution in [3.05, 3.63) is 0 Å². The Hall–Kier alpha value is 0.210. The molecule has 1 fully saturated rings. The van der Waals surface area contributed by atoms with Crippen molar-refractivity contribution >= 4 is 11.6 Å². The number of halogens is 1. The Balaban J connectivity index is 2.45. The van der Waals surface area contributed by atoms with Gasteiger partial charge in [0.25, 0.3) is 0 Å². The molecule has 2 N–H and O–H groups in total. The molecule has 0 aliphatic heterocycles. The van der Waals surface area contributed by atoms with Crippen molar-refractivity contribution in [2.75, 3.05) is 6.61 Å². The molecule has 0 unspecified atom stereocenters. The highest BCUT2D eigenvalue weighted by molar-refractivity contribution is 6.20. The minimum absolute atomic E-state index is 0.0245. The molecule has 1 rings (SSSR count). The van der Waals surface area contributed by atoms with Crippen LogP contribution in [-0.2, 0) is 0 Å². The zero-order valence-electron chi connectivity index (χ0n) is 10.8. The molecule has 2 nitrogen and oxygen atoms in total. The van der Waals surface area contributed by atoms with E-state index in [-0.39, 0.29) is 24.0 Å². The van der Waals surface area contributed by atoms with Crippen LogP contribution in [0.2, 0.25) is 0 Å². The van der Waals surface area contributed by atoms with Gasteiger partial charge in [-0.2, -0.15) is 0 Å². The molecule has 0 spiro atoms. The number of alkyl halides is 1. The average molecular weight is 263 g/mol. The molecule has 3 atom stereocenters. The first-order valence-electron chi connectivity index (χ1n) is 7.18. The molecule has 1 aliphatic carbocycles. The van der Waals surface area contributed by atoms with Crippen LogP contribution in [0, 0.1) is 5.92 Å². The van der Waals surface area contributed by atoms with Gasteiger partial charge in [0, 0.05) is 5.92 Å². The van der Waals surface area contributed by atoms with E-state index in [1.807, 2.05) is 0 Å². The van der Waals surface area contributed by atoms with E-state index in [9.17, 15) is 5.11 Å². The van der Waals surface area contributed by atoms with Crippen LogP contribution in [0.3, 0.4) is 0 Å². The van der Waals surface area contributed by atoms with E-state index in [2.05, 4.69) is 0 Å². The van der Waals surface area contributed by atoms with Crippen molar-refractivity contribution < 1.29 is 10.2 Å². The van der Waals surface area contributed by atoms with E-state index >= 15 is 0 Å². The third kappa shape index (κ3) is 6.08. The Kier molecular flexibility index (Phi) is 8.25. The molecular formula is C14H27ClO2. The van der Waals surface area contributed by atoms with Gasteiger partial charge in [-0.1, -0.05) is 51.4 Å². The molecular weight excluding hydrogens is 236 g/mol. The Bertz CT molecular complexity index is 187. The summed E-state index contributed by atoms with van der Waals surface area (Å²) in [4.78, 5) is 0. The van der Waals surface area contributed by atoms with E-state index in [0.29, 0.717) is 0 Å². The van der Waals surface area contributed by atoms with Crippen LogP contribution in [0.15, 0.2) is 0 Å². The maximum absolute atomic E-state index is 10.2. The minimum atomic E-state index is -0.330. The normalized spacial score (nSPS) is 31.2. The highest BCUT2D eigenvalue weighted by Gasteiger charge is 2.25. The molecule has 0 heterocycles. The van der Waals surface area contributed by atoms with Crippen molar-refractivity contribution in [1.82, 2.24) is 0 Å². The summed E-state index contributed by atoms with van der Waals surface area (Å²) >= 11 is 6.12. The first-order valence-corrected chi connectivity index (χ1v) is 7.62. The molecule has 0 amide bonds. The Morgan fingerprint density at radius 2 is 1.35 bits per heavy atom. The molecule has 17 heavy (non-hydrogen) atoms. The largest absolute Gasteiger partial charge is 0.395 e. The van der Waals surface area contributed by atoms with Gasteiger partial charge in [-0.05, 0) is 12.8 Å². The van der Waals surface area contributed by atoms with Crippen molar-refractivity contribution in [3.63, 3.8) is 0 Å². The second-order valence-corrected chi connectivity index (χ2v) is 5.90. The van der Waals surface area contributed by atoms with Gasteiger partial charge in [-0.25, -0.2) is 0 Å². The smallest absolute Gasteiger partial charge is 0.0619 e. The zero-order valence-corrected chi connectivity index (χ0v) is 11.5. The lowest BCUT2D eigenvalue weighted by molar-refractivity contribution is 0.0753. The SMILES string of the molecule is OC[C@H](Cl)[C@H]1CCCCCCCCCC[C@H]1O. The average Bonchev–Trinajstić information content (AvgIpc) is 2.33. The summed E-state index contributed by atoms with van der Waals surface area (Å²) in [7, 11) is 0. The van der Waals surface area contributed by atoms with Gasteiger partial charge < -0.3 is 10.2 Å². The number of hydrogen-bond acceptors (Lipinski definition) is 2. The van der Waals surface area contributed by atoms with Gasteiger partial charge in [0.15, 0.2) is 0 Å². The van der Waals surface area contributed by atoms with Gasteiger partial charge in [0.2, 0.25) is 0 Å². The maximum Gasteiger partial charge on any atom is 0.0619 e. The number of aliphatic hydroxyl groups excluding tert-OH is 2. The van der Waals surface area contributed by atoms with E-state index in [1.54, 1.807) is 0 Å². The summed E-state index contributed by atoms with van der Waals surface area (Å²) in [5, 5.41) is 19.0. The summed E-state index contributed by atoms with van der Waals surface area (Å²) in [6.07, 6.45) is 11.4. The third-order valence-corrected chi connectivity index (χ3v) is 4.38. The summed E-state index contributed by atoms with van der Waals surface area (Å²) in [6, 6.07) is 0. The monoisotopic (exact) mass is 262 g/mol. The van der Waals surface area contributed by atoms with Gasteiger partial charge >= 0.3 is 0 Å². The van der Waals surface area contributed by atoms with Crippen LogP contribution in [0.4, 0.5) is 0 Å². The lowest BCUT2D eigenvalue weighted by atomic mass is 9.88. The first kappa shape index (κ1) is 15.3. The molecule has 0 aromatic carbocycles. The Morgan fingerprint density at radius 1 is 0.882 bits per heavy atom. The zero-order chi connectivity index (χ0) is 12.5. The molecule has 0 saturated heterocycles. The topological polar surface area (TPSA) is 40.5 Å². The van der Waals surface area contributed by atoms with Crippen LogP contribution in [0.1, 0.15) is 64.2 Å². The highest BCUT2D eigenvalue weighted by Crippen LogP contribution is 2.26. The summed E-state index contributed by atoms with van der Waals surface area (Å²) < 4.78 is 0. The summed E-state index contributed by atoms with van der Waals surface area (Å²) in [5.41, 5.74) is 0. The second kappa shape index (κ2) is 9.18. The molecule has 0 radical (unpaired) electrons. The fraction of sp³-hybridized carbons (Fsp3) is 1.00. The van der Waals surface area contributed by atoms with Gasteiger partial charge in [0.05, 0.1) is 18.1 Å². The van der Waals surface area contributed by atoms with Crippen LogP contribution in [-0.4, -0.2) is 28.3 Å². The summed E-state index contributed by atoms with van der Waals surface area (Å²) in [5.74, 6) is 0.0705. The molecule has 3 heteroatoms. The van der Waals surface area contributed by atoms with Gasteiger partial charge in [-0.15, -0.1) is 11.6 Å². The number of rotatable bonds is 2. The van der Waals surface area contributed by atoms with Crippen molar-refractivity contribution in [2.45, 2.75) is 75.7 Å². The Morgan fingerprint density at radius 3 is 1.88 bits per heavy atom. The predicted octanol–water partition coefficient (Wildman–Crippen LogP) is 3.48. The van der Waals surface area contributed by atoms with Crippen molar-refractivity contribution in [1.29, 1.82) is 0 Å². The van der Waals surface area contributed by atoms with Crippen molar-refractivity contribution in [3.8, 4) is 0 Å². The lowest BCUT2D eigenvalue weighted by Crippen LogP contribution is -2.31. The quantitative estimate of drug-likeness (QED) is 0.748. The second-order valence-electron chi connectivity index (χ2n) is 5.34. The summed E-state index contributed by atoms with van der Waals surface area (Å²) in [6.45, 7) is -0.0245. The third-order valence-electron chi connectivity index (χ3n) is 3.92. The molecule has 0 aromatic heterocycles. The van der Waals surface area contributed by atoms with E-state index in [0.717, 1.165) is 25.7 Å². The van der Waals surface area contributed by atoms with Gasteiger partial charge in [0.1, 0.15) is 0 Å². The number of hydrogen-bond donors (Lipinski definition) is 2. The van der Waals surface area contributed by atoms with Crippen molar-refractivity contribution in [2.24, 2.45) is 5.92 Å². The number of aliphatic hydroxyl groups is 2. The van der Waals surface area contributed by atoms with E-state index < -0.39 is 0 Å². The van der Waals surface area contributed by atoms with Crippen LogP contribution >= 0.6 is 11.6 Å². The highest BCUT2D eigenvalue weighted by atomic mass is 35.5. The van der Waals surface area contributed by atoms with Crippen LogP contribution in [0.5, 0.6) is 0 Å². The molecule has 1 saturated carbocycles. The first-order chi connectivity index (χ1) is 8.25. The standard InChI is InChI=1S/C14H27ClO2/c15-13(11-16)12-9-7-5-3-1-2-4-6-8-10-14(12)17/h12-14,16-17H,1-11H2/t12-,13+,14-/m1/s1. The fourth-order valence-corrected chi connectivity index (χ4v) is 3.05. The lowest BCUT2D eigenvalue weighted by Gasteiger charge is -2.26. The predicted molar refractivity (Wildman–Crippen MR) is 72.4 cm³/mol. The van der Waals surface area contributed by atoms with E-state index in [1.165, 1.54) is 38.5 Å². The van der Waals surface area contributed by atoms with Gasteiger partial charge in [-0.3, -0.25) is 0 Å². The minimum Gasteiger partial charge on any atom is -0.395 e. The van der Waals surface area contributed by atoms with Crippen LogP contribution < -0.4 is 0 Å². The molecule has 0 aromatic rings. The maximum atomic E-state index is 10.2. The van der Waals surface area contributed by atoms with Crippen LogP contribution in [0.25, 0.3) is 0 Å². The Labute approximate surface area is 110 Å².